The summed E-state index contributed by atoms with van der Waals surface area (Å²) in [6.07, 6.45) is 25.7. The van der Waals surface area contributed by atoms with Gasteiger partial charge in [0.2, 0.25) is 5.91 Å². The van der Waals surface area contributed by atoms with Crippen molar-refractivity contribution in [3.63, 3.8) is 0 Å². The molecule has 0 aromatic rings. The second kappa shape index (κ2) is 19.7. The molecule has 4 nitrogen and oxygen atoms in total. The van der Waals surface area contributed by atoms with Crippen LogP contribution in [-0.2, 0) is 4.79 Å². The Bertz CT molecular complexity index is 1140. The molecule has 0 heterocycles. The molecule has 9 atom stereocenters. The number of hydrogen-bond donors (Lipinski definition) is 2. The van der Waals surface area contributed by atoms with Gasteiger partial charge < -0.3 is 16.4 Å². The first-order chi connectivity index (χ1) is 23.9. The number of allylic oxidation sites excluding steroid dienone is 2. The molecule has 52 heavy (non-hydrogen) atoms. The number of nitrogens with two attached hydrogens (primary N) is 2. The fourth-order valence-corrected chi connectivity index (χ4v) is 15.5. The van der Waals surface area contributed by atoms with Gasteiger partial charge in [-0.05, 0) is 160 Å². The summed E-state index contributed by atoms with van der Waals surface area (Å²) in [5.74, 6) is 9.03. The molecule has 6 aliphatic carbocycles. The fraction of sp³-hybridized carbons (Fsp3) is 0.932. The third-order valence-corrected chi connectivity index (χ3v) is 19.3. The molecule has 2 unspecified atom stereocenters. The van der Waals surface area contributed by atoms with Crippen LogP contribution in [0.1, 0.15) is 157 Å². The molecule has 8 heteroatoms. The van der Waals surface area contributed by atoms with Crippen molar-refractivity contribution in [2.45, 2.75) is 174 Å². The maximum absolute atomic E-state index is 13.4. The first-order valence-electron chi connectivity index (χ1n) is 21.7. The van der Waals surface area contributed by atoms with Crippen LogP contribution < -0.4 is 11.5 Å². The lowest BCUT2D eigenvalue weighted by Gasteiger charge is -2.58. The van der Waals surface area contributed by atoms with Crippen LogP contribution in [0.3, 0.4) is 0 Å². The smallest absolute Gasteiger partial charge is 0.223 e. The molecular formula is C44H79Cl2N3OS2. The van der Waals surface area contributed by atoms with E-state index in [4.69, 9.17) is 11.5 Å². The fourth-order valence-electron chi connectivity index (χ4n) is 12.9. The normalized spacial score (nSPS) is 38.9. The van der Waals surface area contributed by atoms with E-state index in [-0.39, 0.29) is 24.8 Å². The standard InChI is InChI=1S/C44H77N3OS2.2ClH/c1-7-33(29(2)3)9-8-30(4)39-12-13-40-38-11-10-34-28-37(14-19-43(34,5)41(38)15-20-44(39,40)6)50-49-23-18-42(48)47(21-16-31-24-35(45)25-31)22-17-32-26-36(46)27-32;;/h10,29-33,35-41H,7-9,11-28,45-46H2,1-6H3;2*1H/t30?,31?,32?,33?,35?,36?,37-,38-,39+,40-,41-,43-,44+;;/m0../s1. The molecular weight excluding hydrogens is 722 g/mol. The number of fused-ring (bicyclic) bond motifs is 5. The van der Waals surface area contributed by atoms with E-state index >= 15 is 0 Å². The minimum absolute atomic E-state index is 0. The quantitative estimate of drug-likeness (QED) is 0.0871. The third kappa shape index (κ3) is 10.1. The van der Waals surface area contributed by atoms with Gasteiger partial charge in [-0.2, -0.15) is 0 Å². The van der Waals surface area contributed by atoms with Crippen molar-refractivity contribution in [1.29, 1.82) is 0 Å². The maximum atomic E-state index is 13.4. The summed E-state index contributed by atoms with van der Waals surface area (Å²) in [4.78, 5) is 15.6. The molecule has 5 saturated carbocycles. The average Bonchev–Trinajstić information content (AvgIpc) is 3.42. The summed E-state index contributed by atoms with van der Waals surface area (Å²) in [6, 6.07) is 0.783. The van der Waals surface area contributed by atoms with Gasteiger partial charge in [0, 0.05) is 42.6 Å². The van der Waals surface area contributed by atoms with Gasteiger partial charge in [-0.1, -0.05) is 87.6 Å². The Morgan fingerprint density at radius 1 is 0.904 bits per heavy atom. The van der Waals surface area contributed by atoms with Gasteiger partial charge in [-0.3, -0.25) is 4.79 Å². The highest BCUT2D eigenvalue weighted by atomic mass is 35.5. The molecule has 302 valence electrons. The Morgan fingerprint density at radius 3 is 2.15 bits per heavy atom. The van der Waals surface area contributed by atoms with Gasteiger partial charge in [0.1, 0.15) is 0 Å². The van der Waals surface area contributed by atoms with Gasteiger partial charge in [-0.15, -0.1) is 24.8 Å². The molecule has 4 N–H and O–H groups in total. The highest BCUT2D eigenvalue weighted by molar-refractivity contribution is 8.76. The van der Waals surface area contributed by atoms with E-state index in [1.807, 2.05) is 16.4 Å². The van der Waals surface area contributed by atoms with Gasteiger partial charge in [-0.25, -0.2) is 0 Å². The van der Waals surface area contributed by atoms with E-state index < -0.39 is 0 Å². The number of hydrogen-bond acceptors (Lipinski definition) is 5. The van der Waals surface area contributed by atoms with Crippen molar-refractivity contribution in [3.8, 4) is 0 Å². The zero-order valence-corrected chi connectivity index (χ0v) is 37.3. The van der Waals surface area contributed by atoms with Crippen LogP contribution in [0.4, 0.5) is 0 Å². The van der Waals surface area contributed by atoms with E-state index in [0.717, 1.165) is 111 Å². The number of halogens is 2. The molecule has 6 rings (SSSR count). The van der Waals surface area contributed by atoms with E-state index in [1.165, 1.54) is 70.6 Å². The summed E-state index contributed by atoms with van der Waals surface area (Å²) in [5.41, 5.74) is 14.9. The molecule has 6 aliphatic rings. The minimum atomic E-state index is 0. The SMILES string of the molecule is CCC(CCC(C)[C@H]1CC[C@H]2[C@@H]3CC=C4C[C@@H](SSCCC(=O)N(CCC5CC(N)C5)CCC5CC(N)C5)CC[C@]4(C)[C@H]3CC[C@]12C)C(C)C.Cl.Cl. The van der Waals surface area contributed by atoms with Crippen molar-refractivity contribution < 1.29 is 4.79 Å². The molecule has 1 amide bonds. The average molecular weight is 801 g/mol. The number of carbonyl (C=O) groups is 1. The minimum Gasteiger partial charge on any atom is -0.343 e. The zero-order chi connectivity index (χ0) is 35.6. The number of rotatable bonds is 17. The summed E-state index contributed by atoms with van der Waals surface area (Å²) in [5, 5.41) is 0.705. The molecule has 0 aliphatic heterocycles. The number of amides is 1. The Balaban J connectivity index is 0.00000302. The summed E-state index contributed by atoms with van der Waals surface area (Å²) in [6.45, 7) is 17.2. The van der Waals surface area contributed by atoms with Crippen molar-refractivity contribution in [1.82, 2.24) is 4.90 Å². The lowest BCUT2D eigenvalue weighted by atomic mass is 9.47. The molecule has 0 bridgehead atoms. The van der Waals surface area contributed by atoms with Gasteiger partial charge in [0.15, 0.2) is 0 Å². The van der Waals surface area contributed by atoms with Crippen LogP contribution in [0.25, 0.3) is 0 Å². The van der Waals surface area contributed by atoms with E-state index in [9.17, 15) is 4.79 Å². The largest absolute Gasteiger partial charge is 0.343 e. The van der Waals surface area contributed by atoms with Crippen molar-refractivity contribution >= 4 is 52.3 Å². The predicted molar refractivity (Wildman–Crippen MR) is 232 cm³/mol. The van der Waals surface area contributed by atoms with Crippen LogP contribution in [0, 0.1) is 64.1 Å². The Kier molecular flexibility index (Phi) is 17.1. The van der Waals surface area contributed by atoms with Crippen molar-refractivity contribution in [3.05, 3.63) is 11.6 Å². The highest BCUT2D eigenvalue weighted by Gasteiger charge is 2.59. The van der Waals surface area contributed by atoms with Crippen LogP contribution in [-0.4, -0.2) is 47.0 Å². The Labute approximate surface area is 340 Å². The molecule has 0 saturated heterocycles. The van der Waals surface area contributed by atoms with E-state index in [1.54, 1.807) is 0 Å². The molecule has 0 radical (unpaired) electrons. The van der Waals surface area contributed by atoms with Crippen molar-refractivity contribution in [2.24, 2.45) is 75.6 Å². The predicted octanol–water partition coefficient (Wildman–Crippen LogP) is 11.7. The van der Waals surface area contributed by atoms with E-state index in [0.29, 0.717) is 40.5 Å². The lowest BCUT2D eigenvalue weighted by molar-refractivity contribution is -0.131. The van der Waals surface area contributed by atoms with Crippen LogP contribution in [0.15, 0.2) is 11.6 Å². The summed E-state index contributed by atoms with van der Waals surface area (Å²) in [7, 11) is 4.08. The van der Waals surface area contributed by atoms with Gasteiger partial charge in [0.25, 0.3) is 0 Å². The molecule has 5 fully saturated rings. The highest BCUT2D eigenvalue weighted by Crippen LogP contribution is 2.68. The first-order valence-corrected chi connectivity index (χ1v) is 24.1. The molecule has 0 aromatic heterocycles. The van der Waals surface area contributed by atoms with E-state index in [2.05, 4.69) is 63.3 Å². The van der Waals surface area contributed by atoms with Crippen LogP contribution in [0.5, 0.6) is 0 Å². The monoisotopic (exact) mass is 800 g/mol. The molecule has 0 spiro atoms. The summed E-state index contributed by atoms with van der Waals surface area (Å²) >= 11 is 0. The van der Waals surface area contributed by atoms with Gasteiger partial charge >= 0.3 is 0 Å². The number of nitrogens with zero attached hydrogens (tertiary/aromatic N) is 1. The first kappa shape index (κ1) is 45.1. The lowest BCUT2D eigenvalue weighted by Crippen LogP contribution is -2.50. The van der Waals surface area contributed by atoms with Crippen LogP contribution >= 0.6 is 46.4 Å². The maximum Gasteiger partial charge on any atom is 0.223 e. The Hall–Kier alpha value is 0.410. The van der Waals surface area contributed by atoms with Crippen LogP contribution in [0.2, 0.25) is 0 Å². The topological polar surface area (TPSA) is 72.3 Å². The third-order valence-electron chi connectivity index (χ3n) is 16.4. The number of carbonyl (C=O) groups excluding carboxylic acids is 1. The van der Waals surface area contributed by atoms with Crippen molar-refractivity contribution in [2.75, 3.05) is 18.8 Å². The zero-order valence-electron chi connectivity index (χ0n) is 34.0. The second-order valence-electron chi connectivity index (χ2n) is 19.6. The molecule has 0 aromatic carbocycles. The van der Waals surface area contributed by atoms with Gasteiger partial charge in [0.05, 0.1) is 0 Å². The summed E-state index contributed by atoms with van der Waals surface area (Å²) < 4.78 is 0. The Morgan fingerprint density at radius 2 is 1.56 bits per heavy atom. The second-order valence-corrected chi connectivity index (χ2v) is 22.4.